The lowest BCUT2D eigenvalue weighted by molar-refractivity contribution is 0.836. The molecule has 0 fully saturated rings. The number of nitrogens with zero attached hydrogens (tertiary/aromatic N) is 2. The topological polar surface area (TPSA) is 51.8 Å². The van der Waals surface area contributed by atoms with Gasteiger partial charge in [-0.2, -0.15) is 0 Å². The fraction of sp³-hybridized carbons (Fsp3) is 0.286. The summed E-state index contributed by atoms with van der Waals surface area (Å²) in [7, 11) is 0. The van der Waals surface area contributed by atoms with Crippen LogP contribution in [0.2, 0.25) is 10.0 Å². The number of benzene rings is 1. The highest BCUT2D eigenvalue weighted by Gasteiger charge is 2.14. The van der Waals surface area contributed by atoms with Gasteiger partial charge in [0.25, 0.3) is 0 Å². The van der Waals surface area contributed by atoms with Crippen LogP contribution in [-0.2, 0) is 0 Å². The highest BCUT2D eigenvalue weighted by molar-refractivity contribution is 6.42. The van der Waals surface area contributed by atoms with Gasteiger partial charge in [-0.15, -0.1) is 0 Å². The van der Waals surface area contributed by atoms with Crippen LogP contribution in [0.4, 0.5) is 5.82 Å². The number of nitrogens with two attached hydrogens (primary N) is 1. The van der Waals surface area contributed by atoms with Crippen molar-refractivity contribution < 1.29 is 0 Å². The second kappa shape index (κ2) is 5.35. The summed E-state index contributed by atoms with van der Waals surface area (Å²) in [6.07, 6.45) is 0. The van der Waals surface area contributed by atoms with Crippen molar-refractivity contribution in [2.75, 3.05) is 5.73 Å². The van der Waals surface area contributed by atoms with E-state index in [0.717, 1.165) is 16.8 Å². The molecule has 3 nitrogen and oxygen atoms in total. The largest absolute Gasteiger partial charge is 0.383 e. The fourth-order valence-corrected chi connectivity index (χ4v) is 2.38. The lowest BCUT2D eigenvalue weighted by Gasteiger charge is -2.13. The van der Waals surface area contributed by atoms with Gasteiger partial charge in [0.2, 0.25) is 0 Å². The molecule has 0 aliphatic carbocycles. The van der Waals surface area contributed by atoms with Crippen LogP contribution in [0.1, 0.15) is 31.0 Å². The number of hydrogen-bond acceptors (Lipinski definition) is 3. The molecule has 0 radical (unpaired) electrons. The predicted molar refractivity (Wildman–Crippen MR) is 80.7 cm³/mol. The van der Waals surface area contributed by atoms with Crippen molar-refractivity contribution >= 4 is 29.0 Å². The van der Waals surface area contributed by atoms with Gasteiger partial charge in [-0.05, 0) is 31.0 Å². The van der Waals surface area contributed by atoms with Gasteiger partial charge < -0.3 is 5.73 Å². The van der Waals surface area contributed by atoms with Crippen LogP contribution in [0, 0.1) is 6.92 Å². The molecule has 5 heteroatoms. The van der Waals surface area contributed by atoms with Gasteiger partial charge in [-0.3, -0.25) is 0 Å². The van der Waals surface area contributed by atoms with E-state index in [9.17, 15) is 0 Å². The summed E-state index contributed by atoms with van der Waals surface area (Å²) in [6.45, 7) is 6.08. The fourth-order valence-electron chi connectivity index (χ4n) is 2.08. The van der Waals surface area contributed by atoms with Gasteiger partial charge in [0.05, 0.1) is 10.0 Å². The normalized spacial score (nSPS) is 11.1. The maximum Gasteiger partial charge on any atom is 0.161 e. The summed E-state index contributed by atoms with van der Waals surface area (Å²) in [5, 5.41) is 0.987. The average molecular weight is 296 g/mol. The molecule has 19 heavy (non-hydrogen) atoms. The van der Waals surface area contributed by atoms with E-state index in [1.165, 1.54) is 0 Å². The third kappa shape index (κ3) is 2.82. The zero-order valence-electron chi connectivity index (χ0n) is 11.0. The number of anilines is 1. The van der Waals surface area contributed by atoms with Crippen molar-refractivity contribution in [3.05, 3.63) is 39.5 Å². The van der Waals surface area contributed by atoms with Crippen LogP contribution in [0.5, 0.6) is 0 Å². The summed E-state index contributed by atoms with van der Waals surface area (Å²) in [5.74, 6) is 1.38. The Bertz CT molecular complexity index is 601. The lowest BCUT2D eigenvalue weighted by atomic mass is 10.0. The van der Waals surface area contributed by atoms with Crippen molar-refractivity contribution in [2.24, 2.45) is 0 Å². The van der Waals surface area contributed by atoms with Crippen LogP contribution in [0.25, 0.3) is 11.4 Å². The highest BCUT2D eigenvalue weighted by atomic mass is 35.5. The van der Waals surface area contributed by atoms with Crippen molar-refractivity contribution in [2.45, 2.75) is 26.7 Å². The maximum atomic E-state index is 6.02. The van der Waals surface area contributed by atoms with Crippen molar-refractivity contribution in [3.63, 3.8) is 0 Å². The first kappa shape index (κ1) is 14.1. The molecule has 1 heterocycles. The van der Waals surface area contributed by atoms with Gasteiger partial charge in [-0.25, -0.2) is 9.97 Å². The van der Waals surface area contributed by atoms with E-state index in [1.54, 1.807) is 12.1 Å². The first-order valence-corrected chi connectivity index (χ1v) is 6.75. The van der Waals surface area contributed by atoms with Gasteiger partial charge in [0, 0.05) is 16.8 Å². The van der Waals surface area contributed by atoms with Crippen LogP contribution >= 0.6 is 23.2 Å². The molecule has 0 aliphatic rings. The molecule has 2 aromatic rings. The van der Waals surface area contributed by atoms with Crippen LogP contribution in [0.3, 0.4) is 0 Å². The Morgan fingerprint density at radius 3 is 2.32 bits per heavy atom. The third-order valence-corrected chi connectivity index (χ3v) is 3.66. The Labute approximate surface area is 122 Å². The van der Waals surface area contributed by atoms with Gasteiger partial charge in [-0.1, -0.05) is 37.0 Å². The summed E-state index contributed by atoms with van der Waals surface area (Å²) >= 11 is 11.9. The van der Waals surface area contributed by atoms with E-state index in [0.29, 0.717) is 27.6 Å². The molecule has 0 bridgehead atoms. The molecule has 0 unspecified atom stereocenters. The second-order valence-electron chi connectivity index (χ2n) is 4.72. The van der Waals surface area contributed by atoms with Gasteiger partial charge in [0.15, 0.2) is 5.82 Å². The molecular weight excluding hydrogens is 281 g/mol. The monoisotopic (exact) mass is 295 g/mol. The number of hydrogen-bond donors (Lipinski definition) is 1. The highest BCUT2D eigenvalue weighted by Crippen LogP contribution is 2.29. The summed E-state index contributed by atoms with van der Waals surface area (Å²) in [4.78, 5) is 8.86. The minimum atomic E-state index is 0.294. The van der Waals surface area contributed by atoms with Crippen LogP contribution in [0.15, 0.2) is 18.2 Å². The number of aryl methyl sites for hydroxylation is 1. The third-order valence-electron chi connectivity index (χ3n) is 2.92. The minimum Gasteiger partial charge on any atom is -0.383 e. The quantitative estimate of drug-likeness (QED) is 0.889. The Hall–Kier alpha value is -1.32. The molecule has 0 aliphatic heterocycles. The Morgan fingerprint density at radius 1 is 1.11 bits per heavy atom. The number of aromatic nitrogens is 2. The molecule has 100 valence electrons. The SMILES string of the molecule is Cc1nc(-c2ccc(Cl)c(Cl)c2)nc(N)c1C(C)C. The van der Waals surface area contributed by atoms with E-state index >= 15 is 0 Å². The van der Waals surface area contributed by atoms with E-state index in [1.807, 2.05) is 13.0 Å². The average Bonchev–Trinajstić information content (AvgIpc) is 2.31. The Balaban J connectivity index is 2.55. The molecule has 0 saturated carbocycles. The van der Waals surface area contributed by atoms with Crippen molar-refractivity contribution in [1.82, 2.24) is 9.97 Å². The molecule has 0 spiro atoms. The smallest absolute Gasteiger partial charge is 0.161 e. The molecule has 2 rings (SSSR count). The molecule has 0 atom stereocenters. The maximum absolute atomic E-state index is 6.02. The van der Waals surface area contributed by atoms with Gasteiger partial charge >= 0.3 is 0 Å². The Kier molecular flexibility index (Phi) is 3.97. The number of nitrogen functional groups attached to an aromatic ring is 1. The molecule has 1 aromatic heterocycles. The second-order valence-corrected chi connectivity index (χ2v) is 5.53. The lowest BCUT2D eigenvalue weighted by Crippen LogP contribution is -2.06. The molecule has 0 amide bonds. The van der Waals surface area contributed by atoms with E-state index in [-0.39, 0.29) is 0 Å². The number of rotatable bonds is 2. The summed E-state index contributed by atoms with van der Waals surface area (Å²) in [6, 6.07) is 5.30. The summed E-state index contributed by atoms with van der Waals surface area (Å²) < 4.78 is 0. The number of halogens is 2. The summed E-state index contributed by atoms with van der Waals surface area (Å²) in [5.41, 5.74) is 8.71. The van der Waals surface area contributed by atoms with E-state index in [4.69, 9.17) is 28.9 Å². The predicted octanol–water partition coefficient (Wildman–Crippen LogP) is 4.46. The van der Waals surface area contributed by atoms with Crippen molar-refractivity contribution in [1.29, 1.82) is 0 Å². The Morgan fingerprint density at radius 2 is 1.79 bits per heavy atom. The first-order chi connectivity index (χ1) is 8.90. The van der Waals surface area contributed by atoms with Crippen LogP contribution in [-0.4, -0.2) is 9.97 Å². The van der Waals surface area contributed by atoms with Crippen molar-refractivity contribution in [3.8, 4) is 11.4 Å². The van der Waals surface area contributed by atoms with Crippen LogP contribution < -0.4 is 5.73 Å². The van der Waals surface area contributed by atoms with E-state index in [2.05, 4.69) is 23.8 Å². The van der Waals surface area contributed by atoms with E-state index < -0.39 is 0 Å². The standard InChI is InChI=1S/C14H15Cl2N3/c1-7(2)12-8(3)18-14(19-13(12)17)9-4-5-10(15)11(16)6-9/h4-7H,1-3H3,(H2,17,18,19). The minimum absolute atomic E-state index is 0.294. The van der Waals surface area contributed by atoms with Gasteiger partial charge in [0.1, 0.15) is 5.82 Å². The molecule has 0 saturated heterocycles. The zero-order valence-corrected chi connectivity index (χ0v) is 12.5. The molecule has 1 aromatic carbocycles. The molecule has 2 N–H and O–H groups in total. The zero-order chi connectivity index (χ0) is 14.2. The first-order valence-electron chi connectivity index (χ1n) is 5.99. The molecular formula is C14H15Cl2N3.